The van der Waals surface area contributed by atoms with E-state index >= 15 is 0 Å². The van der Waals surface area contributed by atoms with Gasteiger partial charge in [0, 0.05) is 11.4 Å². The van der Waals surface area contributed by atoms with Crippen LogP contribution in [0.1, 0.15) is 20.3 Å². The van der Waals surface area contributed by atoms with Crippen LogP contribution in [0.5, 0.6) is 0 Å². The van der Waals surface area contributed by atoms with Crippen molar-refractivity contribution in [2.45, 2.75) is 32.9 Å². The van der Waals surface area contributed by atoms with E-state index in [1.807, 2.05) is 13.8 Å². The summed E-state index contributed by atoms with van der Waals surface area (Å²) in [6.07, 6.45) is 2.27. The molecule has 1 amide bonds. The molecule has 0 aliphatic rings. The second-order valence-corrected chi connectivity index (χ2v) is 5.57. The predicted octanol–water partition coefficient (Wildman–Crippen LogP) is 1.70. The Labute approximate surface area is 131 Å². The third kappa shape index (κ3) is 2.81. The molecule has 0 aliphatic carbocycles. The molecule has 0 saturated carbocycles. The van der Waals surface area contributed by atoms with E-state index in [0.29, 0.717) is 16.4 Å². The summed E-state index contributed by atoms with van der Waals surface area (Å²) < 4.78 is 16.0. The maximum Gasteiger partial charge on any atom is 0.291 e. The van der Waals surface area contributed by atoms with Gasteiger partial charge in [0.25, 0.3) is 5.56 Å². The smallest absolute Gasteiger partial charge is 0.291 e. The van der Waals surface area contributed by atoms with Crippen LogP contribution < -0.4 is 10.9 Å². The maximum absolute atomic E-state index is 13.3. The van der Waals surface area contributed by atoms with Crippen molar-refractivity contribution in [3.8, 4) is 0 Å². The fourth-order valence-electron chi connectivity index (χ4n) is 2.47. The van der Waals surface area contributed by atoms with Crippen molar-refractivity contribution in [3.05, 3.63) is 46.8 Å². The lowest BCUT2D eigenvalue weighted by molar-refractivity contribution is -0.122. The topological polar surface area (TPSA) is 68.4 Å². The van der Waals surface area contributed by atoms with Crippen molar-refractivity contribution in [1.82, 2.24) is 19.5 Å². The predicted molar refractivity (Wildman–Crippen MR) is 84.8 cm³/mol. The quantitative estimate of drug-likeness (QED) is 0.796. The van der Waals surface area contributed by atoms with E-state index in [-0.39, 0.29) is 29.9 Å². The minimum atomic E-state index is -0.386. The standard InChI is InChI=1S/C16H17FN4O2/c1-3-10(2)19-15(22)8-21-16(23)14-7-11-6-12(17)4-5-13(11)20(14)9-18-21/h4-7,9-10H,3,8H2,1-2H3,(H,19,22)/t10-/m0/s1. The van der Waals surface area contributed by atoms with Gasteiger partial charge in [-0.2, -0.15) is 5.10 Å². The third-order valence-corrected chi connectivity index (χ3v) is 3.87. The van der Waals surface area contributed by atoms with E-state index in [4.69, 9.17) is 0 Å². The SMILES string of the molecule is CC[C@H](C)NC(=O)Cn1ncn2c(cc3cc(F)ccc32)c1=O. The summed E-state index contributed by atoms with van der Waals surface area (Å²) >= 11 is 0. The number of carbonyl (C=O) groups is 1. The first-order chi connectivity index (χ1) is 11.0. The first-order valence-corrected chi connectivity index (χ1v) is 7.45. The summed E-state index contributed by atoms with van der Waals surface area (Å²) in [6.45, 7) is 3.72. The van der Waals surface area contributed by atoms with Crippen molar-refractivity contribution in [3.63, 3.8) is 0 Å². The van der Waals surface area contributed by atoms with Crippen LogP contribution >= 0.6 is 0 Å². The Kier molecular flexibility index (Phi) is 3.85. The van der Waals surface area contributed by atoms with Gasteiger partial charge in [-0.25, -0.2) is 9.07 Å². The van der Waals surface area contributed by atoms with Gasteiger partial charge in [0.1, 0.15) is 24.2 Å². The molecular weight excluding hydrogens is 299 g/mol. The molecule has 0 saturated heterocycles. The molecule has 6 nitrogen and oxygen atoms in total. The first kappa shape index (κ1) is 15.2. The van der Waals surface area contributed by atoms with Crippen LogP contribution in [0.3, 0.4) is 0 Å². The number of benzene rings is 1. The number of nitrogens with one attached hydrogen (secondary N) is 1. The lowest BCUT2D eigenvalue weighted by Crippen LogP contribution is -2.38. The van der Waals surface area contributed by atoms with Crippen LogP contribution in [0.25, 0.3) is 16.4 Å². The summed E-state index contributed by atoms with van der Waals surface area (Å²) in [6, 6.07) is 5.94. The number of hydrogen-bond donors (Lipinski definition) is 1. The molecule has 23 heavy (non-hydrogen) atoms. The molecule has 7 heteroatoms. The van der Waals surface area contributed by atoms with Gasteiger partial charge < -0.3 is 5.32 Å². The minimum Gasteiger partial charge on any atom is -0.352 e. The van der Waals surface area contributed by atoms with E-state index in [2.05, 4.69) is 10.4 Å². The molecule has 2 heterocycles. The second kappa shape index (κ2) is 5.83. The molecule has 3 rings (SSSR count). The molecule has 120 valence electrons. The summed E-state index contributed by atoms with van der Waals surface area (Å²) in [5, 5.41) is 7.45. The van der Waals surface area contributed by atoms with Gasteiger partial charge >= 0.3 is 0 Å². The number of rotatable bonds is 4. The van der Waals surface area contributed by atoms with Crippen LogP contribution in [0.15, 0.2) is 35.4 Å². The monoisotopic (exact) mass is 316 g/mol. The Morgan fingerprint density at radius 3 is 2.87 bits per heavy atom. The number of hydrogen-bond acceptors (Lipinski definition) is 3. The van der Waals surface area contributed by atoms with Crippen LogP contribution in [0.4, 0.5) is 4.39 Å². The fraction of sp³-hybridized carbons (Fsp3) is 0.312. The van der Waals surface area contributed by atoms with Crippen molar-refractivity contribution >= 4 is 22.3 Å². The van der Waals surface area contributed by atoms with E-state index < -0.39 is 0 Å². The minimum absolute atomic E-state index is 0.0424. The Hall–Kier alpha value is -2.70. The van der Waals surface area contributed by atoms with Crippen LogP contribution in [-0.4, -0.2) is 26.1 Å². The van der Waals surface area contributed by atoms with E-state index in [0.717, 1.165) is 11.1 Å². The van der Waals surface area contributed by atoms with Crippen molar-refractivity contribution in [2.75, 3.05) is 0 Å². The van der Waals surface area contributed by atoms with E-state index in [1.165, 1.54) is 18.5 Å². The summed E-state index contributed by atoms with van der Waals surface area (Å²) in [7, 11) is 0. The van der Waals surface area contributed by atoms with Gasteiger partial charge in [-0.3, -0.25) is 14.0 Å². The Morgan fingerprint density at radius 1 is 1.35 bits per heavy atom. The number of aromatic nitrogens is 3. The van der Waals surface area contributed by atoms with Crippen LogP contribution in [0, 0.1) is 5.82 Å². The highest BCUT2D eigenvalue weighted by molar-refractivity contribution is 5.86. The van der Waals surface area contributed by atoms with E-state index in [1.54, 1.807) is 16.5 Å². The van der Waals surface area contributed by atoms with Crippen molar-refractivity contribution in [1.29, 1.82) is 0 Å². The number of halogens is 1. The molecule has 3 aromatic rings. The lowest BCUT2D eigenvalue weighted by atomic mass is 10.2. The molecule has 0 aliphatic heterocycles. The average Bonchev–Trinajstić information content (AvgIpc) is 2.88. The molecule has 1 aromatic carbocycles. The largest absolute Gasteiger partial charge is 0.352 e. The number of fused-ring (bicyclic) bond motifs is 3. The normalized spacial score (nSPS) is 12.7. The van der Waals surface area contributed by atoms with Gasteiger partial charge in [0.2, 0.25) is 5.91 Å². The van der Waals surface area contributed by atoms with Crippen LogP contribution in [-0.2, 0) is 11.3 Å². The van der Waals surface area contributed by atoms with Crippen LogP contribution in [0.2, 0.25) is 0 Å². The summed E-state index contributed by atoms with van der Waals surface area (Å²) in [5.41, 5.74) is 0.669. The second-order valence-electron chi connectivity index (χ2n) is 5.57. The van der Waals surface area contributed by atoms with Crippen molar-refractivity contribution in [2.24, 2.45) is 0 Å². The molecular formula is C16H17FN4O2. The molecule has 1 atom stereocenters. The number of amides is 1. The molecule has 0 spiro atoms. The van der Waals surface area contributed by atoms with E-state index in [9.17, 15) is 14.0 Å². The highest BCUT2D eigenvalue weighted by Crippen LogP contribution is 2.18. The number of nitrogens with zero attached hydrogens (tertiary/aromatic N) is 3. The molecule has 0 unspecified atom stereocenters. The summed E-state index contributed by atoms with van der Waals surface area (Å²) in [5.74, 6) is -0.630. The Morgan fingerprint density at radius 2 is 2.13 bits per heavy atom. The van der Waals surface area contributed by atoms with Gasteiger partial charge in [0.15, 0.2) is 0 Å². The molecule has 0 fully saturated rings. The highest BCUT2D eigenvalue weighted by Gasteiger charge is 2.12. The Balaban J connectivity index is 2.00. The molecule has 2 aromatic heterocycles. The highest BCUT2D eigenvalue weighted by atomic mass is 19.1. The van der Waals surface area contributed by atoms with Crippen molar-refractivity contribution < 1.29 is 9.18 Å². The Bertz CT molecular complexity index is 944. The maximum atomic E-state index is 13.3. The first-order valence-electron chi connectivity index (χ1n) is 7.45. The molecule has 0 bridgehead atoms. The molecule has 1 N–H and O–H groups in total. The van der Waals surface area contributed by atoms with Gasteiger partial charge in [-0.15, -0.1) is 0 Å². The number of carbonyl (C=O) groups excluding carboxylic acids is 1. The van der Waals surface area contributed by atoms with Gasteiger partial charge in [-0.05, 0) is 37.6 Å². The zero-order valence-corrected chi connectivity index (χ0v) is 12.9. The summed E-state index contributed by atoms with van der Waals surface area (Å²) in [4.78, 5) is 24.4. The molecule has 0 radical (unpaired) electrons. The lowest BCUT2D eigenvalue weighted by Gasteiger charge is -2.11. The zero-order valence-electron chi connectivity index (χ0n) is 12.9. The van der Waals surface area contributed by atoms with Gasteiger partial charge in [-0.1, -0.05) is 6.92 Å². The third-order valence-electron chi connectivity index (χ3n) is 3.87. The van der Waals surface area contributed by atoms with Gasteiger partial charge in [0.05, 0.1) is 5.52 Å². The fourth-order valence-corrected chi connectivity index (χ4v) is 2.47. The average molecular weight is 316 g/mol. The zero-order chi connectivity index (χ0) is 16.6.